The first-order valence-electron chi connectivity index (χ1n) is 11.2. The Kier molecular flexibility index (Phi) is 6.07. The van der Waals surface area contributed by atoms with Crippen LogP contribution in [0.1, 0.15) is 59.2 Å². The molecular weight excluding hydrogens is 436 g/mol. The van der Waals surface area contributed by atoms with E-state index in [1.54, 1.807) is 11.8 Å². The third-order valence-electron chi connectivity index (χ3n) is 6.20. The van der Waals surface area contributed by atoms with E-state index in [4.69, 9.17) is 16.6 Å². The molecule has 5 heteroatoms. The van der Waals surface area contributed by atoms with E-state index in [1.807, 2.05) is 42.5 Å². The van der Waals surface area contributed by atoms with E-state index in [1.165, 1.54) is 19.3 Å². The van der Waals surface area contributed by atoms with Crippen LogP contribution in [0.4, 0.5) is 5.69 Å². The topological polar surface area (TPSA) is 41.5 Å². The van der Waals surface area contributed by atoms with E-state index in [0.717, 1.165) is 50.7 Å². The zero-order valence-electron chi connectivity index (χ0n) is 18.0. The fraction of sp³-hybridized carbons (Fsp3) is 0.259. The Morgan fingerprint density at radius 2 is 1.78 bits per heavy atom. The lowest BCUT2D eigenvalue weighted by atomic mass is 9.95. The Morgan fingerprint density at radius 3 is 2.59 bits per heavy atom. The minimum Gasteiger partial charge on any atom is -0.349 e. The standard InChI is InChI=1S/C27H25ClN2OS/c1-17-15-19(28)12-13-21(17)26-22-9-5-6-10-24(22)32-25-14-11-18(16-23(25)30-26)27(31)29-20-7-3-2-4-8-20/h5-6,9-16,20H,2-4,7-8H2,1H3,(H,29,31). The summed E-state index contributed by atoms with van der Waals surface area (Å²) in [5.41, 5.74) is 5.61. The molecule has 3 nitrogen and oxygen atoms in total. The second-order valence-corrected chi connectivity index (χ2v) is 10.0. The fourth-order valence-corrected chi connectivity index (χ4v) is 5.73. The van der Waals surface area contributed by atoms with Crippen molar-refractivity contribution in [2.24, 2.45) is 4.99 Å². The number of carbonyl (C=O) groups is 1. The highest BCUT2D eigenvalue weighted by molar-refractivity contribution is 7.99. The van der Waals surface area contributed by atoms with E-state index < -0.39 is 0 Å². The Bertz CT molecular complexity index is 1210. The molecule has 1 aliphatic carbocycles. The van der Waals surface area contributed by atoms with Crippen molar-refractivity contribution in [1.82, 2.24) is 5.32 Å². The van der Waals surface area contributed by atoms with Crippen molar-refractivity contribution in [3.63, 3.8) is 0 Å². The largest absolute Gasteiger partial charge is 0.349 e. The van der Waals surface area contributed by atoms with Crippen molar-refractivity contribution >= 4 is 40.7 Å². The summed E-state index contributed by atoms with van der Waals surface area (Å²) in [6.45, 7) is 2.05. The zero-order valence-corrected chi connectivity index (χ0v) is 19.6. The number of carbonyl (C=O) groups excluding carboxylic acids is 1. The molecule has 1 aliphatic heterocycles. The van der Waals surface area contributed by atoms with Crippen LogP contribution in [-0.2, 0) is 0 Å². The SMILES string of the molecule is Cc1cc(Cl)ccc1C1=Nc2cc(C(=O)NC3CCCCC3)ccc2Sc2ccccc21. The first kappa shape index (κ1) is 21.3. The predicted molar refractivity (Wildman–Crippen MR) is 133 cm³/mol. The van der Waals surface area contributed by atoms with E-state index >= 15 is 0 Å². The van der Waals surface area contributed by atoms with Crippen molar-refractivity contribution in [3.05, 3.63) is 87.9 Å². The van der Waals surface area contributed by atoms with Gasteiger partial charge in [0, 0.05) is 37.5 Å². The Labute approximate surface area is 198 Å². The maximum absolute atomic E-state index is 13.0. The van der Waals surface area contributed by atoms with Crippen LogP contribution in [0, 0.1) is 6.92 Å². The van der Waals surface area contributed by atoms with Crippen LogP contribution < -0.4 is 5.32 Å². The summed E-state index contributed by atoms with van der Waals surface area (Å²) >= 11 is 7.91. The summed E-state index contributed by atoms with van der Waals surface area (Å²) in [6, 6.07) is 20.4. The quantitative estimate of drug-likeness (QED) is 0.347. The number of rotatable bonds is 3. The molecule has 5 rings (SSSR count). The monoisotopic (exact) mass is 460 g/mol. The Morgan fingerprint density at radius 1 is 0.969 bits per heavy atom. The number of hydrogen-bond donors (Lipinski definition) is 1. The Hall–Kier alpha value is -2.56. The van der Waals surface area contributed by atoms with Crippen LogP contribution in [0.15, 0.2) is 75.4 Å². The van der Waals surface area contributed by atoms with E-state index in [2.05, 4.69) is 30.4 Å². The lowest BCUT2D eigenvalue weighted by Gasteiger charge is -2.22. The lowest BCUT2D eigenvalue weighted by Crippen LogP contribution is -2.36. The van der Waals surface area contributed by atoms with Gasteiger partial charge in [0.25, 0.3) is 5.91 Å². The van der Waals surface area contributed by atoms with Crippen LogP contribution in [0.3, 0.4) is 0 Å². The average molecular weight is 461 g/mol. The molecule has 0 aromatic heterocycles. The van der Waals surface area contributed by atoms with Gasteiger partial charge in [0.05, 0.1) is 11.4 Å². The summed E-state index contributed by atoms with van der Waals surface area (Å²) in [5.74, 6) is -0.00844. The van der Waals surface area contributed by atoms with Crippen LogP contribution in [0.2, 0.25) is 5.02 Å². The summed E-state index contributed by atoms with van der Waals surface area (Å²) in [6.07, 6.45) is 5.79. The lowest BCUT2D eigenvalue weighted by molar-refractivity contribution is 0.0927. The molecular formula is C27H25ClN2OS. The van der Waals surface area contributed by atoms with Gasteiger partial charge in [0.1, 0.15) is 0 Å². The number of amides is 1. The van der Waals surface area contributed by atoms with Crippen LogP contribution >= 0.6 is 23.4 Å². The average Bonchev–Trinajstić information content (AvgIpc) is 2.96. The van der Waals surface area contributed by atoms with E-state index in [0.29, 0.717) is 10.6 Å². The van der Waals surface area contributed by atoms with Gasteiger partial charge in [-0.3, -0.25) is 4.79 Å². The van der Waals surface area contributed by atoms with Crippen molar-refractivity contribution in [2.45, 2.75) is 54.9 Å². The van der Waals surface area contributed by atoms with Gasteiger partial charge >= 0.3 is 0 Å². The maximum atomic E-state index is 13.0. The predicted octanol–water partition coefficient (Wildman–Crippen LogP) is 7.34. The van der Waals surface area contributed by atoms with Crippen LogP contribution in [0.5, 0.6) is 0 Å². The molecule has 1 N–H and O–H groups in total. The van der Waals surface area contributed by atoms with E-state index in [-0.39, 0.29) is 11.9 Å². The summed E-state index contributed by atoms with van der Waals surface area (Å²) in [5, 5.41) is 3.94. The minimum absolute atomic E-state index is 0.00844. The van der Waals surface area contributed by atoms with Crippen LogP contribution in [0.25, 0.3) is 0 Å². The highest BCUT2D eigenvalue weighted by atomic mass is 35.5. The van der Waals surface area contributed by atoms with Gasteiger partial charge in [-0.05, 0) is 61.7 Å². The number of aliphatic imine (C=N–C) groups is 1. The molecule has 1 fully saturated rings. The molecule has 0 unspecified atom stereocenters. The highest BCUT2D eigenvalue weighted by Crippen LogP contribution is 2.42. The summed E-state index contributed by atoms with van der Waals surface area (Å²) < 4.78 is 0. The van der Waals surface area contributed by atoms with Crippen molar-refractivity contribution in [3.8, 4) is 0 Å². The normalized spacial score (nSPS) is 15.9. The molecule has 1 amide bonds. The first-order valence-corrected chi connectivity index (χ1v) is 12.4. The highest BCUT2D eigenvalue weighted by Gasteiger charge is 2.22. The number of nitrogens with zero attached hydrogens (tertiary/aromatic N) is 1. The smallest absolute Gasteiger partial charge is 0.251 e. The third-order valence-corrected chi connectivity index (χ3v) is 7.58. The second-order valence-electron chi connectivity index (χ2n) is 8.51. The van der Waals surface area contributed by atoms with Crippen molar-refractivity contribution in [2.75, 3.05) is 0 Å². The van der Waals surface area contributed by atoms with Gasteiger partial charge in [0.15, 0.2) is 0 Å². The van der Waals surface area contributed by atoms with Crippen LogP contribution in [-0.4, -0.2) is 17.7 Å². The van der Waals surface area contributed by atoms with Gasteiger partial charge in [-0.25, -0.2) is 4.99 Å². The molecule has 32 heavy (non-hydrogen) atoms. The number of aryl methyl sites for hydroxylation is 1. The summed E-state index contributed by atoms with van der Waals surface area (Å²) in [7, 11) is 0. The molecule has 162 valence electrons. The number of hydrogen-bond acceptors (Lipinski definition) is 3. The fourth-order valence-electron chi connectivity index (χ4n) is 4.50. The Balaban J connectivity index is 1.56. The molecule has 0 atom stereocenters. The van der Waals surface area contributed by atoms with Crippen molar-refractivity contribution in [1.29, 1.82) is 0 Å². The molecule has 1 heterocycles. The van der Waals surface area contributed by atoms with Crippen molar-refractivity contribution < 1.29 is 4.79 Å². The van der Waals surface area contributed by atoms with Gasteiger partial charge in [0.2, 0.25) is 0 Å². The summed E-state index contributed by atoms with van der Waals surface area (Å²) in [4.78, 5) is 20.3. The third kappa shape index (κ3) is 4.35. The molecule has 0 bridgehead atoms. The number of halogens is 1. The number of nitrogens with one attached hydrogen (secondary N) is 1. The van der Waals surface area contributed by atoms with Gasteiger partial charge in [-0.2, -0.15) is 0 Å². The van der Waals surface area contributed by atoms with Gasteiger partial charge in [-0.1, -0.05) is 66.9 Å². The molecule has 0 spiro atoms. The second kappa shape index (κ2) is 9.13. The number of fused-ring (bicyclic) bond motifs is 2. The molecule has 1 saturated carbocycles. The minimum atomic E-state index is -0.00844. The van der Waals surface area contributed by atoms with Gasteiger partial charge in [-0.15, -0.1) is 0 Å². The zero-order chi connectivity index (χ0) is 22.1. The molecule has 0 radical (unpaired) electrons. The molecule has 3 aromatic rings. The maximum Gasteiger partial charge on any atom is 0.251 e. The van der Waals surface area contributed by atoms with Gasteiger partial charge < -0.3 is 5.32 Å². The number of benzene rings is 3. The molecule has 3 aromatic carbocycles. The molecule has 2 aliphatic rings. The molecule has 0 saturated heterocycles. The van der Waals surface area contributed by atoms with E-state index in [9.17, 15) is 4.79 Å². The first-order chi connectivity index (χ1) is 15.6.